The molecule has 0 aliphatic heterocycles. The van der Waals surface area contributed by atoms with Gasteiger partial charge in [-0.2, -0.15) is 5.10 Å². The normalized spacial score (nSPS) is 10.9. The van der Waals surface area contributed by atoms with E-state index in [2.05, 4.69) is 20.7 Å². The van der Waals surface area contributed by atoms with E-state index in [1.54, 1.807) is 41.1 Å². The van der Waals surface area contributed by atoms with Gasteiger partial charge in [0.25, 0.3) is 0 Å². The van der Waals surface area contributed by atoms with E-state index in [1.165, 1.54) is 30.5 Å². The Kier molecular flexibility index (Phi) is 6.65. The van der Waals surface area contributed by atoms with Gasteiger partial charge in [0.1, 0.15) is 29.0 Å². The molecule has 0 atom stereocenters. The number of carbonyl (C=O) groups is 1. The molecule has 0 spiro atoms. The zero-order valence-corrected chi connectivity index (χ0v) is 19.2. The Bertz CT molecular complexity index is 1320. The fourth-order valence-corrected chi connectivity index (χ4v) is 3.23. The van der Waals surface area contributed by atoms with Crippen LogP contribution in [0.5, 0.6) is 11.5 Å². The minimum atomic E-state index is -0.663. The molecule has 4 N–H and O–H groups in total. The van der Waals surface area contributed by atoms with Crippen molar-refractivity contribution < 1.29 is 13.9 Å². The number of nitrogens with zero attached hydrogens (tertiary/aromatic N) is 3. The Morgan fingerprint density at radius 1 is 1.06 bits per heavy atom. The van der Waals surface area contributed by atoms with Crippen LogP contribution in [0.25, 0.3) is 5.69 Å². The first-order valence-corrected chi connectivity index (χ1v) is 10.8. The Labute approximate surface area is 200 Å². The molecule has 2 aromatic heterocycles. The average Bonchev–Trinajstić information content (AvgIpc) is 3.20. The Balaban J connectivity index is 1.50. The van der Waals surface area contributed by atoms with E-state index in [0.717, 1.165) is 11.4 Å². The van der Waals surface area contributed by atoms with Crippen molar-refractivity contribution in [2.75, 3.05) is 16.4 Å². The van der Waals surface area contributed by atoms with Crippen LogP contribution in [0.15, 0.2) is 66.9 Å². The molecule has 4 rings (SSSR count). The molecule has 34 heavy (non-hydrogen) atoms. The van der Waals surface area contributed by atoms with Crippen LogP contribution >= 0.6 is 11.6 Å². The van der Waals surface area contributed by atoms with Crippen molar-refractivity contribution in [1.29, 1.82) is 0 Å². The Morgan fingerprint density at radius 3 is 2.47 bits per heavy atom. The lowest BCUT2D eigenvalue weighted by Crippen LogP contribution is -2.22. The van der Waals surface area contributed by atoms with Crippen LogP contribution in [0.2, 0.25) is 5.02 Å². The number of nitrogen functional groups attached to an aromatic ring is 1. The molecule has 0 aliphatic rings. The molecule has 10 heteroatoms. The van der Waals surface area contributed by atoms with E-state index in [9.17, 15) is 9.18 Å². The largest absolute Gasteiger partial charge is 0.457 e. The molecular weight excluding hydrogens is 459 g/mol. The zero-order chi connectivity index (χ0) is 24.2. The molecule has 2 heterocycles. The quantitative estimate of drug-likeness (QED) is 0.304. The van der Waals surface area contributed by atoms with E-state index in [0.29, 0.717) is 16.6 Å². The predicted molar refractivity (Wildman–Crippen MR) is 130 cm³/mol. The molecule has 2 amide bonds. The molecule has 174 valence electrons. The third-order valence-electron chi connectivity index (χ3n) is 4.81. The number of urea groups is 1. The number of rotatable bonds is 6. The highest BCUT2D eigenvalue weighted by molar-refractivity contribution is 6.30. The number of hydrogen-bond acceptors (Lipinski definition) is 5. The number of halogens is 2. The number of benzene rings is 2. The number of anilines is 3. The lowest BCUT2D eigenvalue weighted by Gasteiger charge is -2.12. The summed E-state index contributed by atoms with van der Waals surface area (Å²) in [5.74, 6) is 0.852. The molecule has 8 nitrogen and oxygen atoms in total. The molecule has 0 bridgehead atoms. The number of carbonyl (C=O) groups excluding carboxylic acids is 1. The number of ether oxygens (including phenoxy) is 1. The van der Waals surface area contributed by atoms with E-state index in [4.69, 9.17) is 22.1 Å². The molecule has 0 saturated heterocycles. The summed E-state index contributed by atoms with van der Waals surface area (Å²) in [4.78, 5) is 16.5. The lowest BCUT2D eigenvalue weighted by atomic mass is 10.1. The fourth-order valence-electron chi connectivity index (χ4n) is 3.11. The van der Waals surface area contributed by atoms with Crippen LogP contribution in [0.1, 0.15) is 25.5 Å². The smallest absolute Gasteiger partial charge is 0.324 e. The van der Waals surface area contributed by atoms with Crippen molar-refractivity contribution in [2.24, 2.45) is 0 Å². The van der Waals surface area contributed by atoms with Crippen LogP contribution in [-0.4, -0.2) is 20.8 Å². The average molecular weight is 481 g/mol. The SMILES string of the molecule is CC(C)c1cc(NC(=O)Nc2ccc(Oc3ccnc(N)c3)cc2F)n(-c2ccc(Cl)cc2)n1. The molecule has 0 aliphatic carbocycles. The van der Waals surface area contributed by atoms with Crippen molar-refractivity contribution >= 4 is 35.0 Å². The zero-order valence-electron chi connectivity index (χ0n) is 18.4. The van der Waals surface area contributed by atoms with Crippen molar-refractivity contribution in [1.82, 2.24) is 14.8 Å². The summed E-state index contributed by atoms with van der Waals surface area (Å²) < 4.78 is 21.8. The molecule has 0 unspecified atom stereocenters. The van der Waals surface area contributed by atoms with Gasteiger partial charge in [0, 0.05) is 29.4 Å². The van der Waals surface area contributed by atoms with E-state index in [1.807, 2.05) is 13.8 Å². The first kappa shape index (κ1) is 23.1. The summed E-state index contributed by atoms with van der Waals surface area (Å²) in [5, 5.41) is 10.4. The van der Waals surface area contributed by atoms with Gasteiger partial charge in [0.2, 0.25) is 0 Å². The summed E-state index contributed by atoms with van der Waals surface area (Å²) in [5.41, 5.74) is 7.12. The van der Waals surface area contributed by atoms with Gasteiger partial charge in [-0.25, -0.2) is 18.9 Å². The summed E-state index contributed by atoms with van der Waals surface area (Å²) in [6.07, 6.45) is 1.49. The van der Waals surface area contributed by atoms with Crippen LogP contribution < -0.4 is 21.1 Å². The van der Waals surface area contributed by atoms with Gasteiger partial charge in [-0.05, 0) is 48.4 Å². The Hall–Kier alpha value is -4.11. The maximum atomic E-state index is 14.6. The van der Waals surface area contributed by atoms with Gasteiger partial charge in [-0.3, -0.25) is 5.32 Å². The van der Waals surface area contributed by atoms with E-state index in [-0.39, 0.29) is 23.2 Å². The minimum absolute atomic E-state index is 0.0132. The van der Waals surface area contributed by atoms with Crippen molar-refractivity contribution in [3.05, 3.63) is 83.4 Å². The van der Waals surface area contributed by atoms with E-state index < -0.39 is 11.8 Å². The maximum Gasteiger partial charge on any atom is 0.324 e. The fraction of sp³-hybridized carbons (Fsp3) is 0.125. The highest BCUT2D eigenvalue weighted by atomic mass is 35.5. The molecular formula is C24H22ClFN6O2. The van der Waals surface area contributed by atoms with Crippen LogP contribution in [0.4, 0.5) is 26.5 Å². The van der Waals surface area contributed by atoms with Crippen LogP contribution in [0.3, 0.4) is 0 Å². The number of pyridine rings is 1. The van der Waals surface area contributed by atoms with E-state index >= 15 is 0 Å². The van der Waals surface area contributed by atoms with Gasteiger partial charge >= 0.3 is 6.03 Å². The number of amides is 2. The second-order valence-corrected chi connectivity index (χ2v) is 8.17. The van der Waals surface area contributed by atoms with Gasteiger partial charge in [-0.1, -0.05) is 25.4 Å². The number of hydrogen-bond donors (Lipinski definition) is 3. The summed E-state index contributed by atoms with van der Waals surface area (Å²) in [7, 11) is 0. The number of aromatic nitrogens is 3. The van der Waals surface area contributed by atoms with Gasteiger partial charge < -0.3 is 15.8 Å². The van der Waals surface area contributed by atoms with Gasteiger partial charge in [0.15, 0.2) is 0 Å². The predicted octanol–water partition coefficient (Wildman–Crippen LogP) is 6.20. The number of nitrogens with two attached hydrogens (primary N) is 1. The monoisotopic (exact) mass is 480 g/mol. The topological polar surface area (TPSA) is 107 Å². The first-order chi connectivity index (χ1) is 16.3. The summed E-state index contributed by atoms with van der Waals surface area (Å²) in [6, 6.07) is 15.4. The van der Waals surface area contributed by atoms with Gasteiger partial charge in [-0.15, -0.1) is 0 Å². The van der Waals surface area contributed by atoms with Crippen molar-refractivity contribution in [3.8, 4) is 17.2 Å². The van der Waals surface area contributed by atoms with Gasteiger partial charge in [0.05, 0.1) is 17.1 Å². The first-order valence-electron chi connectivity index (χ1n) is 10.4. The second-order valence-electron chi connectivity index (χ2n) is 7.74. The Morgan fingerprint density at radius 2 is 1.79 bits per heavy atom. The highest BCUT2D eigenvalue weighted by Gasteiger charge is 2.16. The molecule has 0 saturated carbocycles. The lowest BCUT2D eigenvalue weighted by molar-refractivity contribution is 0.262. The molecule has 0 fully saturated rings. The third kappa shape index (κ3) is 5.44. The van der Waals surface area contributed by atoms with Crippen LogP contribution in [-0.2, 0) is 0 Å². The second kappa shape index (κ2) is 9.80. The highest BCUT2D eigenvalue weighted by Crippen LogP contribution is 2.27. The minimum Gasteiger partial charge on any atom is -0.457 e. The number of nitrogens with one attached hydrogen (secondary N) is 2. The van der Waals surface area contributed by atoms with Crippen molar-refractivity contribution in [3.63, 3.8) is 0 Å². The van der Waals surface area contributed by atoms with Crippen LogP contribution in [0, 0.1) is 5.82 Å². The summed E-state index contributed by atoms with van der Waals surface area (Å²) in [6.45, 7) is 4.00. The summed E-state index contributed by atoms with van der Waals surface area (Å²) >= 11 is 5.99. The molecule has 0 radical (unpaired) electrons. The maximum absolute atomic E-state index is 14.6. The molecule has 4 aromatic rings. The van der Waals surface area contributed by atoms with Crippen molar-refractivity contribution in [2.45, 2.75) is 19.8 Å². The third-order valence-corrected chi connectivity index (χ3v) is 5.06. The molecule has 2 aromatic carbocycles. The standard InChI is InChI=1S/C24H22ClFN6O2/c1-14(2)21-13-23(32(31-21)16-5-3-15(25)4-6-16)30-24(33)29-20-8-7-17(11-19(20)26)34-18-9-10-28-22(27)12-18/h3-14H,1-2H3,(H2,27,28)(H2,29,30,33).